The van der Waals surface area contributed by atoms with Gasteiger partial charge in [0.25, 0.3) is 0 Å². The van der Waals surface area contributed by atoms with Crippen LogP contribution in [-0.4, -0.2) is 42.7 Å². The molecule has 0 bridgehead atoms. The summed E-state index contributed by atoms with van der Waals surface area (Å²) in [5.41, 5.74) is 1.54. The van der Waals surface area contributed by atoms with Gasteiger partial charge in [-0.1, -0.05) is 30.3 Å². The van der Waals surface area contributed by atoms with Gasteiger partial charge < -0.3 is 14.5 Å². The molecule has 0 spiro atoms. The Morgan fingerprint density at radius 3 is 2.74 bits per heavy atom. The van der Waals surface area contributed by atoms with Gasteiger partial charge in [-0.25, -0.2) is 4.98 Å². The van der Waals surface area contributed by atoms with E-state index in [2.05, 4.69) is 33.4 Å². The van der Waals surface area contributed by atoms with Crippen LogP contribution < -0.4 is 5.32 Å². The van der Waals surface area contributed by atoms with Crippen LogP contribution in [-0.2, 0) is 4.74 Å². The molecule has 0 amide bonds. The standard InChI is InChI=1S/C17H20N4O2/c1-13-20-15(11-18)17(23-13)19-12-16(14-5-3-2-4-6-14)21-7-9-22-10-8-21/h2-6,16,19H,7-10,12H2,1H3/t16-/m1/s1. The molecule has 120 valence electrons. The Morgan fingerprint density at radius 1 is 1.30 bits per heavy atom. The third-order valence-corrected chi connectivity index (χ3v) is 3.97. The summed E-state index contributed by atoms with van der Waals surface area (Å²) in [6.45, 7) is 5.65. The molecule has 2 heterocycles. The lowest BCUT2D eigenvalue weighted by Gasteiger charge is -2.34. The van der Waals surface area contributed by atoms with Crippen molar-refractivity contribution < 1.29 is 9.15 Å². The largest absolute Gasteiger partial charge is 0.424 e. The highest BCUT2D eigenvalue weighted by molar-refractivity contribution is 5.45. The quantitative estimate of drug-likeness (QED) is 0.913. The van der Waals surface area contributed by atoms with Crippen molar-refractivity contribution in [3.05, 3.63) is 47.5 Å². The number of hydrogen-bond donors (Lipinski definition) is 1. The Morgan fingerprint density at radius 2 is 2.04 bits per heavy atom. The number of morpholine rings is 1. The number of nitriles is 1. The summed E-state index contributed by atoms with van der Waals surface area (Å²) >= 11 is 0. The van der Waals surface area contributed by atoms with Crippen LogP contribution in [0, 0.1) is 18.3 Å². The molecule has 3 rings (SSSR count). The van der Waals surface area contributed by atoms with Crippen molar-refractivity contribution in [2.24, 2.45) is 0 Å². The second kappa shape index (κ2) is 7.27. The molecule has 1 aliphatic rings. The minimum Gasteiger partial charge on any atom is -0.424 e. The maximum atomic E-state index is 9.12. The van der Waals surface area contributed by atoms with Gasteiger partial charge in [0.1, 0.15) is 6.07 Å². The summed E-state index contributed by atoms with van der Waals surface area (Å²) in [7, 11) is 0. The monoisotopic (exact) mass is 312 g/mol. The van der Waals surface area contributed by atoms with Crippen LogP contribution in [0.5, 0.6) is 0 Å². The minimum atomic E-state index is 0.192. The highest BCUT2D eigenvalue weighted by atomic mass is 16.5. The van der Waals surface area contributed by atoms with Crippen molar-refractivity contribution in [3.63, 3.8) is 0 Å². The van der Waals surface area contributed by atoms with Crippen molar-refractivity contribution in [2.75, 3.05) is 38.2 Å². The van der Waals surface area contributed by atoms with Crippen molar-refractivity contribution >= 4 is 5.88 Å². The number of oxazole rings is 1. The molecule has 0 aliphatic carbocycles. The molecule has 1 aromatic heterocycles. The molecular formula is C17H20N4O2. The third kappa shape index (κ3) is 3.70. The molecule has 2 aromatic rings. The van der Waals surface area contributed by atoms with Gasteiger partial charge in [-0.15, -0.1) is 0 Å². The van der Waals surface area contributed by atoms with Crippen LogP contribution in [0.1, 0.15) is 23.2 Å². The smallest absolute Gasteiger partial charge is 0.232 e. The number of anilines is 1. The Bertz CT molecular complexity index is 672. The van der Waals surface area contributed by atoms with E-state index in [1.165, 1.54) is 5.56 Å². The second-order valence-corrected chi connectivity index (χ2v) is 5.48. The van der Waals surface area contributed by atoms with Gasteiger partial charge >= 0.3 is 0 Å². The average molecular weight is 312 g/mol. The van der Waals surface area contributed by atoms with E-state index in [0.29, 0.717) is 24.0 Å². The molecule has 0 saturated carbocycles. The van der Waals surface area contributed by atoms with Crippen molar-refractivity contribution in [1.82, 2.24) is 9.88 Å². The molecular weight excluding hydrogens is 292 g/mol. The van der Waals surface area contributed by atoms with Crippen molar-refractivity contribution in [1.29, 1.82) is 5.26 Å². The molecule has 23 heavy (non-hydrogen) atoms. The van der Waals surface area contributed by atoms with E-state index in [0.717, 1.165) is 26.3 Å². The van der Waals surface area contributed by atoms with E-state index in [9.17, 15) is 0 Å². The van der Waals surface area contributed by atoms with Crippen molar-refractivity contribution in [2.45, 2.75) is 13.0 Å². The number of aryl methyl sites for hydroxylation is 1. The number of rotatable bonds is 5. The molecule has 6 heteroatoms. The lowest BCUT2D eigenvalue weighted by Crippen LogP contribution is -2.41. The molecule has 0 radical (unpaired) electrons. The number of nitrogens with zero attached hydrogens (tertiary/aromatic N) is 3. The highest BCUT2D eigenvalue weighted by Crippen LogP contribution is 2.24. The van der Waals surface area contributed by atoms with Gasteiger partial charge in [0.2, 0.25) is 11.6 Å². The van der Waals surface area contributed by atoms with E-state index >= 15 is 0 Å². The van der Waals surface area contributed by atoms with Gasteiger partial charge in [0.05, 0.1) is 19.3 Å². The lowest BCUT2D eigenvalue weighted by atomic mass is 10.0. The first-order chi connectivity index (χ1) is 11.3. The van der Waals surface area contributed by atoms with Crippen LogP contribution in [0.25, 0.3) is 0 Å². The van der Waals surface area contributed by atoms with Crippen molar-refractivity contribution in [3.8, 4) is 6.07 Å². The van der Waals surface area contributed by atoms with E-state index in [1.807, 2.05) is 18.2 Å². The number of ether oxygens (including phenoxy) is 1. The normalized spacial score (nSPS) is 16.7. The van der Waals surface area contributed by atoms with E-state index < -0.39 is 0 Å². The molecule has 6 nitrogen and oxygen atoms in total. The number of hydrogen-bond acceptors (Lipinski definition) is 6. The zero-order valence-corrected chi connectivity index (χ0v) is 13.2. The topological polar surface area (TPSA) is 74.3 Å². The molecule has 0 unspecified atom stereocenters. The molecule has 1 atom stereocenters. The van der Waals surface area contributed by atoms with E-state index in [-0.39, 0.29) is 6.04 Å². The summed E-state index contributed by atoms with van der Waals surface area (Å²) in [4.78, 5) is 6.46. The summed E-state index contributed by atoms with van der Waals surface area (Å²) in [6.07, 6.45) is 0. The Labute approximate surface area is 135 Å². The summed E-state index contributed by atoms with van der Waals surface area (Å²) in [5.74, 6) is 0.936. The Hall–Kier alpha value is -2.36. The van der Waals surface area contributed by atoms with E-state index in [4.69, 9.17) is 14.4 Å². The summed E-state index contributed by atoms with van der Waals surface area (Å²) in [6, 6.07) is 12.6. The average Bonchev–Trinajstić information content (AvgIpc) is 2.97. The molecule has 1 aromatic carbocycles. The fourth-order valence-corrected chi connectivity index (χ4v) is 2.83. The number of benzene rings is 1. The second-order valence-electron chi connectivity index (χ2n) is 5.48. The fraction of sp³-hybridized carbons (Fsp3) is 0.412. The maximum absolute atomic E-state index is 9.12. The molecule has 1 saturated heterocycles. The Balaban J connectivity index is 1.77. The van der Waals surface area contributed by atoms with Crippen LogP contribution >= 0.6 is 0 Å². The van der Waals surface area contributed by atoms with Gasteiger partial charge in [0.15, 0.2) is 5.89 Å². The SMILES string of the molecule is Cc1nc(C#N)c(NC[C@H](c2ccccc2)N2CCOCC2)o1. The lowest BCUT2D eigenvalue weighted by molar-refractivity contribution is 0.0186. The Kier molecular flexibility index (Phi) is 4.91. The maximum Gasteiger partial charge on any atom is 0.232 e. The van der Waals surface area contributed by atoms with Gasteiger partial charge in [-0.3, -0.25) is 4.90 Å². The predicted octanol–water partition coefficient (Wildman–Crippen LogP) is 2.34. The van der Waals surface area contributed by atoms with E-state index in [1.54, 1.807) is 6.92 Å². The molecule has 1 fully saturated rings. The van der Waals surface area contributed by atoms with Gasteiger partial charge in [0, 0.05) is 26.6 Å². The van der Waals surface area contributed by atoms with Crippen LogP contribution in [0.3, 0.4) is 0 Å². The number of nitrogens with one attached hydrogen (secondary N) is 1. The number of aromatic nitrogens is 1. The van der Waals surface area contributed by atoms with Crippen LogP contribution in [0.2, 0.25) is 0 Å². The summed E-state index contributed by atoms with van der Waals surface area (Å²) < 4.78 is 10.9. The first-order valence-corrected chi connectivity index (χ1v) is 7.76. The third-order valence-electron chi connectivity index (χ3n) is 3.97. The predicted molar refractivity (Wildman–Crippen MR) is 86.0 cm³/mol. The zero-order chi connectivity index (χ0) is 16.1. The first kappa shape index (κ1) is 15.5. The highest BCUT2D eigenvalue weighted by Gasteiger charge is 2.23. The fourth-order valence-electron chi connectivity index (χ4n) is 2.83. The van der Waals surface area contributed by atoms with Crippen LogP contribution in [0.15, 0.2) is 34.7 Å². The summed E-state index contributed by atoms with van der Waals surface area (Å²) in [5, 5.41) is 12.4. The molecule has 1 aliphatic heterocycles. The van der Waals surface area contributed by atoms with Gasteiger partial charge in [-0.2, -0.15) is 5.26 Å². The first-order valence-electron chi connectivity index (χ1n) is 7.76. The van der Waals surface area contributed by atoms with Gasteiger partial charge in [-0.05, 0) is 5.56 Å². The minimum absolute atomic E-state index is 0.192. The zero-order valence-electron chi connectivity index (χ0n) is 13.2. The van der Waals surface area contributed by atoms with Crippen LogP contribution in [0.4, 0.5) is 5.88 Å². The molecule has 1 N–H and O–H groups in total.